The zero-order valence-electron chi connectivity index (χ0n) is 13.2. The lowest BCUT2D eigenvalue weighted by atomic mass is 10.2. The summed E-state index contributed by atoms with van der Waals surface area (Å²) in [6.45, 7) is 3.88. The Kier molecular flexibility index (Phi) is 6.78. The highest BCUT2D eigenvalue weighted by Gasteiger charge is 2.01. The zero-order chi connectivity index (χ0) is 16.3. The molecule has 0 atom stereocenters. The van der Waals surface area contributed by atoms with Crippen molar-refractivity contribution in [3.63, 3.8) is 0 Å². The fourth-order valence-electron chi connectivity index (χ4n) is 1.99. The minimum absolute atomic E-state index is 0.208. The van der Waals surface area contributed by atoms with Crippen LogP contribution in [-0.2, 0) is 6.54 Å². The van der Waals surface area contributed by atoms with Gasteiger partial charge in [0.25, 0.3) is 0 Å². The molecule has 2 amide bonds. The fourth-order valence-corrected chi connectivity index (χ4v) is 1.99. The van der Waals surface area contributed by atoms with E-state index in [1.807, 2.05) is 61.5 Å². The number of hydrogen-bond donors (Lipinski definition) is 2. The highest BCUT2D eigenvalue weighted by atomic mass is 16.5. The summed E-state index contributed by atoms with van der Waals surface area (Å²) in [5.41, 5.74) is 1.06. The van der Waals surface area contributed by atoms with Crippen molar-refractivity contribution in [1.29, 1.82) is 0 Å². The van der Waals surface area contributed by atoms with E-state index in [9.17, 15) is 4.79 Å². The van der Waals surface area contributed by atoms with Crippen molar-refractivity contribution in [2.75, 3.05) is 19.8 Å². The molecule has 5 nitrogen and oxygen atoms in total. The van der Waals surface area contributed by atoms with Crippen LogP contribution in [0.25, 0.3) is 0 Å². The monoisotopic (exact) mass is 314 g/mol. The van der Waals surface area contributed by atoms with E-state index in [-0.39, 0.29) is 6.03 Å². The second kappa shape index (κ2) is 9.35. The van der Waals surface area contributed by atoms with Gasteiger partial charge >= 0.3 is 6.03 Å². The first-order valence-electron chi connectivity index (χ1n) is 7.69. The van der Waals surface area contributed by atoms with Gasteiger partial charge in [0, 0.05) is 12.6 Å². The third-order valence-electron chi connectivity index (χ3n) is 3.07. The van der Waals surface area contributed by atoms with E-state index in [0.717, 1.165) is 17.1 Å². The largest absolute Gasteiger partial charge is 0.494 e. The summed E-state index contributed by atoms with van der Waals surface area (Å²) in [4.78, 5) is 11.7. The van der Waals surface area contributed by atoms with Crippen LogP contribution in [0.2, 0.25) is 0 Å². The molecule has 0 radical (unpaired) electrons. The van der Waals surface area contributed by atoms with E-state index in [0.29, 0.717) is 26.3 Å². The van der Waals surface area contributed by atoms with E-state index >= 15 is 0 Å². The Morgan fingerprint density at radius 1 is 0.957 bits per heavy atom. The van der Waals surface area contributed by atoms with Crippen LogP contribution in [0.3, 0.4) is 0 Å². The summed E-state index contributed by atoms with van der Waals surface area (Å²) in [6, 6.07) is 17.0. The average molecular weight is 314 g/mol. The van der Waals surface area contributed by atoms with E-state index in [4.69, 9.17) is 9.47 Å². The van der Waals surface area contributed by atoms with Crippen LogP contribution in [-0.4, -0.2) is 25.8 Å². The van der Waals surface area contributed by atoms with Gasteiger partial charge in [-0.05, 0) is 24.6 Å². The minimum atomic E-state index is -0.208. The summed E-state index contributed by atoms with van der Waals surface area (Å²) in [7, 11) is 0. The summed E-state index contributed by atoms with van der Waals surface area (Å²) in [5, 5.41) is 5.55. The van der Waals surface area contributed by atoms with Gasteiger partial charge < -0.3 is 20.1 Å². The molecule has 2 rings (SSSR count). The number of rotatable bonds is 8. The Bertz CT molecular complexity index is 602. The molecule has 0 heterocycles. The first-order valence-corrected chi connectivity index (χ1v) is 7.69. The smallest absolute Gasteiger partial charge is 0.315 e. The lowest BCUT2D eigenvalue weighted by Crippen LogP contribution is -2.37. The van der Waals surface area contributed by atoms with Gasteiger partial charge in [0.2, 0.25) is 0 Å². The average Bonchev–Trinajstić information content (AvgIpc) is 2.58. The maximum Gasteiger partial charge on any atom is 0.315 e. The summed E-state index contributed by atoms with van der Waals surface area (Å²) < 4.78 is 11.0. The molecule has 0 fully saturated rings. The second-order valence-corrected chi connectivity index (χ2v) is 4.85. The number of ether oxygens (including phenoxy) is 2. The molecule has 0 saturated heterocycles. The SMILES string of the molecule is CCOc1cccc(OCCNC(=O)NCc2ccccc2)c1. The highest BCUT2D eigenvalue weighted by Crippen LogP contribution is 2.18. The maximum atomic E-state index is 11.7. The molecule has 2 N–H and O–H groups in total. The van der Waals surface area contributed by atoms with E-state index in [1.165, 1.54) is 0 Å². The Balaban J connectivity index is 1.63. The van der Waals surface area contributed by atoms with Crippen LogP contribution < -0.4 is 20.1 Å². The molecule has 0 bridgehead atoms. The van der Waals surface area contributed by atoms with Crippen LogP contribution in [0.1, 0.15) is 12.5 Å². The van der Waals surface area contributed by atoms with Gasteiger partial charge in [-0.2, -0.15) is 0 Å². The standard InChI is InChI=1S/C18H22N2O3/c1-2-22-16-9-6-10-17(13-16)23-12-11-19-18(21)20-14-15-7-4-3-5-8-15/h3-10,13H,2,11-12,14H2,1H3,(H2,19,20,21). The molecule has 5 heteroatoms. The van der Waals surface area contributed by atoms with Crippen LogP contribution in [0.5, 0.6) is 11.5 Å². The van der Waals surface area contributed by atoms with Crippen molar-refractivity contribution < 1.29 is 14.3 Å². The predicted molar refractivity (Wildman–Crippen MR) is 89.8 cm³/mol. The zero-order valence-corrected chi connectivity index (χ0v) is 13.2. The predicted octanol–water partition coefficient (Wildman–Crippen LogP) is 2.96. The van der Waals surface area contributed by atoms with Gasteiger partial charge in [0.05, 0.1) is 13.2 Å². The molecule has 122 valence electrons. The second-order valence-electron chi connectivity index (χ2n) is 4.85. The van der Waals surface area contributed by atoms with Crippen LogP contribution in [0.4, 0.5) is 4.79 Å². The van der Waals surface area contributed by atoms with Gasteiger partial charge in [-0.1, -0.05) is 36.4 Å². The summed E-state index contributed by atoms with van der Waals surface area (Å²) in [6.07, 6.45) is 0. The molecule has 23 heavy (non-hydrogen) atoms. The van der Waals surface area contributed by atoms with Crippen LogP contribution in [0.15, 0.2) is 54.6 Å². The van der Waals surface area contributed by atoms with Crippen LogP contribution >= 0.6 is 0 Å². The van der Waals surface area contributed by atoms with E-state index in [1.54, 1.807) is 0 Å². The molecule has 2 aromatic rings. The molecular weight excluding hydrogens is 292 g/mol. The quantitative estimate of drug-likeness (QED) is 0.737. The van der Waals surface area contributed by atoms with E-state index < -0.39 is 0 Å². The molecule has 0 aromatic heterocycles. The molecule has 0 saturated carbocycles. The van der Waals surface area contributed by atoms with Crippen LogP contribution in [0, 0.1) is 0 Å². The van der Waals surface area contributed by atoms with Crippen molar-refractivity contribution in [3.05, 3.63) is 60.2 Å². The molecular formula is C18H22N2O3. The number of carbonyl (C=O) groups excluding carboxylic acids is 1. The lowest BCUT2D eigenvalue weighted by molar-refractivity contribution is 0.236. The molecule has 0 aliphatic carbocycles. The molecule has 0 spiro atoms. The van der Waals surface area contributed by atoms with Gasteiger partial charge in [0.1, 0.15) is 18.1 Å². The van der Waals surface area contributed by atoms with Crippen molar-refractivity contribution in [2.24, 2.45) is 0 Å². The van der Waals surface area contributed by atoms with Gasteiger partial charge in [-0.15, -0.1) is 0 Å². The van der Waals surface area contributed by atoms with Crippen molar-refractivity contribution >= 4 is 6.03 Å². The number of benzene rings is 2. The van der Waals surface area contributed by atoms with Crippen molar-refractivity contribution in [2.45, 2.75) is 13.5 Å². The number of urea groups is 1. The number of carbonyl (C=O) groups is 1. The van der Waals surface area contributed by atoms with Crippen molar-refractivity contribution in [3.8, 4) is 11.5 Å². The number of amides is 2. The molecule has 0 aliphatic heterocycles. The first-order chi connectivity index (χ1) is 11.3. The van der Waals surface area contributed by atoms with Gasteiger partial charge in [0.15, 0.2) is 0 Å². The Morgan fingerprint density at radius 2 is 1.70 bits per heavy atom. The third-order valence-corrected chi connectivity index (χ3v) is 3.07. The molecule has 2 aromatic carbocycles. The van der Waals surface area contributed by atoms with E-state index in [2.05, 4.69) is 10.6 Å². The maximum absolute atomic E-state index is 11.7. The molecule has 0 unspecified atom stereocenters. The highest BCUT2D eigenvalue weighted by molar-refractivity contribution is 5.73. The first kappa shape index (κ1) is 16.7. The Labute approximate surface area is 136 Å². The minimum Gasteiger partial charge on any atom is -0.494 e. The summed E-state index contributed by atoms with van der Waals surface area (Å²) >= 11 is 0. The number of nitrogens with one attached hydrogen (secondary N) is 2. The Hall–Kier alpha value is -2.69. The normalized spacial score (nSPS) is 9.96. The fraction of sp³-hybridized carbons (Fsp3) is 0.278. The van der Waals surface area contributed by atoms with Gasteiger partial charge in [-0.25, -0.2) is 4.79 Å². The van der Waals surface area contributed by atoms with Gasteiger partial charge in [-0.3, -0.25) is 0 Å². The topological polar surface area (TPSA) is 59.6 Å². The van der Waals surface area contributed by atoms with Crippen molar-refractivity contribution in [1.82, 2.24) is 10.6 Å². The third kappa shape index (κ3) is 6.30. The summed E-state index contributed by atoms with van der Waals surface area (Å²) in [5.74, 6) is 1.50. The number of hydrogen-bond acceptors (Lipinski definition) is 3. The lowest BCUT2D eigenvalue weighted by Gasteiger charge is -2.10. The Morgan fingerprint density at radius 3 is 2.43 bits per heavy atom. The molecule has 0 aliphatic rings.